The molecule has 3 rings (SSSR count). The number of carbonyl (C=O) groups excluding carboxylic acids is 1. The van der Waals surface area contributed by atoms with Crippen LogP contribution in [0.4, 0.5) is 4.79 Å². The lowest BCUT2D eigenvalue weighted by atomic mass is 9.84. The molecule has 1 aromatic carbocycles. The Morgan fingerprint density at radius 2 is 2.00 bits per heavy atom. The highest BCUT2D eigenvalue weighted by Gasteiger charge is 2.42. The summed E-state index contributed by atoms with van der Waals surface area (Å²) in [5, 5.41) is 6.06. The number of fused-ring (bicyclic) bond motifs is 2. The molecule has 2 bridgehead atoms. The maximum Gasteiger partial charge on any atom is 0.315 e. The van der Waals surface area contributed by atoms with Crippen molar-refractivity contribution in [3.05, 3.63) is 23.8 Å². The zero-order valence-electron chi connectivity index (χ0n) is 14.8. The van der Waals surface area contributed by atoms with Gasteiger partial charge in [0, 0.05) is 12.6 Å². The van der Waals surface area contributed by atoms with E-state index in [1.165, 1.54) is 25.7 Å². The Morgan fingerprint density at radius 3 is 2.62 bits per heavy atom. The van der Waals surface area contributed by atoms with Gasteiger partial charge in [-0.1, -0.05) is 12.5 Å². The van der Waals surface area contributed by atoms with Gasteiger partial charge in [0.05, 0.1) is 14.2 Å². The number of hydrogen-bond acceptors (Lipinski definition) is 3. The second kappa shape index (κ2) is 7.32. The van der Waals surface area contributed by atoms with Crippen molar-refractivity contribution in [2.45, 2.75) is 45.2 Å². The summed E-state index contributed by atoms with van der Waals surface area (Å²) in [5.74, 6) is 3.73. The lowest BCUT2D eigenvalue weighted by Gasteiger charge is -2.28. The molecule has 2 fully saturated rings. The van der Waals surface area contributed by atoms with Crippen LogP contribution in [-0.4, -0.2) is 26.3 Å². The summed E-state index contributed by atoms with van der Waals surface area (Å²) in [6.07, 6.45) is 5.37. The first kappa shape index (κ1) is 16.9. The number of nitrogens with one attached hydrogen (secondary N) is 2. The van der Waals surface area contributed by atoms with Gasteiger partial charge >= 0.3 is 6.03 Å². The number of carbonyl (C=O) groups is 1. The highest BCUT2D eigenvalue weighted by Crippen LogP contribution is 2.49. The lowest BCUT2D eigenvalue weighted by Crippen LogP contribution is -2.45. The molecular weight excluding hydrogens is 304 g/mol. The van der Waals surface area contributed by atoms with Crippen LogP contribution < -0.4 is 20.1 Å². The third kappa shape index (κ3) is 3.60. The van der Waals surface area contributed by atoms with E-state index in [9.17, 15) is 4.79 Å². The number of amides is 2. The van der Waals surface area contributed by atoms with Gasteiger partial charge in [-0.3, -0.25) is 0 Å². The smallest absolute Gasteiger partial charge is 0.315 e. The standard InChI is InChI=1S/C19H28N2O3/c1-12(16-9-13-4-6-15(16)8-13)21-19(22)20-11-14-5-7-17(23-2)18(10-14)24-3/h5,7,10,12-13,15-16H,4,6,8-9,11H2,1-3H3,(H2,20,21,22). The molecule has 2 aliphatic carbocycles. The summed E-state index contributed by atoms with van der Waals surface area (Å²) in [7, 11) is 3.22. The molecule has 5 heteroatoms. The molecular formula is C19H28N2O3. The zero-order valence-corrected chi connectivity index (χ0v) is 14.8. The van der Waals surface area contributed by atoms with Crippen molar-refractivity contribution in [2.24, 2.45) is 17.8 Å². The van der Waals surface area contributed by atoms with Crippen LogP contribution in [0, 0.1) is 17.8 Å². The molecule has 0 radical (unpaired) electrons. The molecule has 0 saturated heterocycles. The molecule has 4 atom stereocenters. The van der Waals surface area contributed by atoms with Crippen molar-refractivity contribution >= 4 is 6.03 Å². The van der Waals surface area contributed by atoms with E-state index in [4.69, 9.17) is 9.47 Å². The second-order valence-electron chi connectivity index (χ2n) is 7.14. The van der Waals surface area contributed by atoms with Crippen LogP contribution in [-0.2, 0) is 6.54 Å². The van der Waals surface area contributed by atoms with Gasteiger partial charge in [-0.2, -0.15) is 0 Å². The minimum Gasteiger partial charge on any atom is -0.493 e. The van der Waals surface area contributed by atoms with Gasteiger partial charge in [-0.25, -0.2) is 4.79 Å². The summed E-state index contributed by atoms with van der Waals surface area (Å²) >= 11 is 0. The van der Waals surface area contributed by atoms with E-state index in [1.807, 2.05) is 18.2 Å². The molecule has 24 heavy (non-hydrogen) atoms. The normalized spacial score (nSPS) is 26.0. The van der Waals surface area contributed by atoms with Gasteiger partial charge in [0.15, 0.2) is 11.5 Å². The fourth-order valence-electron chi connectivity index (χ4n) is 4.44. The monoisotopic (exact) mass is 332 g/mol. The summed E-state index contributed by atoms with van der Waals surface area (Å²) in [4.78, 5) is 12.2. The number of benzene rings is 1. The fourth-order valence-corrected chi connectivity index (χ4v) is 4.44. The van der Waals surface area contributed by atoms with E-state index >= 15 is 0 Å². The number of urea groups is 1. The summed E-state index contributed by atoms with van der Waals surface area (Å²) < 4.78 is 10.5. The fraction of sp³-hybridized carbons (Fsp3) is 0.632. The topological polar surface area (TPSA) is 59.6 Å². The maximum atomic E-state index is 12.2. The molecule has 132 valence electrons. The van der Waals surface area contributed by atoms with E-state index in [0.717, 1.165) is 17.4 Å². The number of rotatable bonds is 6. The third-order valence-corrected chi connectivity index (χ3v) is 5.69. The van der Waals surface area contributed by atoms with Crippen LogP contribution in [0.2, 0.25) is 0 Å². The van der Waals surface area contributed by atoms with Crippen LogP contribution in [0.3, 0.4) is 0 Å². The minimum absolute atomic E-state index is 0.0972. The molecule has 4 unspecified atom stereocenters. The highest BCUT2D eigenvalue weighted by molar-refractivity contribution is 5.74. The zero-order chi connectivity index (χ0) is 17.1. The SMILES string of the molecule is COc1ccc(CNC(=O)NC(C)C2CC3CCC2C3)cc1OC. The van der Waals surface area contributed by atoms with Gasteiger partial charge in [0.1, 0.15) is 0 Å². The maximum absolute atomic E-state index is 12.2. The quantitative estimate of drug-likeness (QED) is 0.840. The molecule has 2 saturated carbocycles. The Labute approximate surface area is 144 Å². The lowest BCUT2D eigenvalue weighted by molar-refractivity contribution is 0.220. The van der Waals surface area contributed by atoms with Gasteiger partial charge < -0.3 is 20.1 Å². The van der Waals surface area contributed by atoms with Crippen molar-refractivity contribution in [3.8, 4) is 11.5 Å². The molecule has 0 heterocycles. The Morgan fingerprint density at radius 1 is 1.21 bits per heavy atom. The van der Waals surface area contributed by atoms with Gasteiger partial charge in [-0.15, -0.1) is 0 Å². The summed E-state index contributed by atoms with van der Waals surface area (Å²) in [6, 6.07) is 5.82. The average molecular weight is 332 g/mol. The molecule has 0 aliphatic heterocycles. The highest BCUT2D eigenvalue weighted by atomic mass is 16.5. The first-order valence-corrected chi connectivity index (χ1v) is 8.86. The number of ether oxygens (including phenoxy) is 2. The van der Waals surface area contributed by atoms with E-state index in [1.54, 1.807) is 14.2 Å². The summed E-state index contributed by atoms with van der Waals surface area (Å²) in [6.45, 7) is 2.61. The first-order chi connectivity index (χ1) is 11.6. The number of hydrogen-bond donors (Lipinski definition) is 2. The van der Waals surface area contributed by atoms with E-state index in [-0.39, 0.29) is 12.1 Å². The Bertz CT molecular complexity index is 590. The molecule has 1 aromatic rings. The molecule has 2 aliphatic rings. The van der Waals surface area contributed by atoms with Crippen LogP contribution in [0.25, 0.3) is 0 Å². The van der Waals surface area contributed by atoms with Crippen molar-refractivity contribution in [1.82, 2.24) is 10.6 Å². The number of methoxy groups -OCH3 is 2. The predicted molar refractivity (Wildman–Crippen MR) is 93.3 cm³/mol. The van der Waals surface area contributed by atoms with Crippen molar-refractivity contribution < 1.29 is 14.3 Å². The van der Waals surface area contributed by atoms with Crippen LogP contribution in [0.5, 0.6) is 11.5 Å². The Balaban J connectivity index is 1.48. The van der Waals surface area contributed by atoms with E-state index < -0.39 is 0 Å². The first-order valence-electron chi connectivity index (χ1n) is 8.86. The van der Waals surface area contributed by atoms with E-state index in [0.29, 0.717) is 24.0 Å². The van der Waals surface area contributed by atoms with Crippen LogP contribution in [0.15, 0.2) is 18.2 Å². The molecule has 0 aromatic heterocycles. The Hall–Kier alpha value is -1.91. The molecule has 0 spiro atoms. The van der Waals surface area contributed by atoms with Crippen LogP contribution in [0.1, 0.15) is 38.2 Å². The summed E-state index contributed by atoms with van der Waals surface area (Å²) in [5.41, 5.74) is 0.982. The Kier molecular flexibility index (Phi) is 5.17. The second-order valence-corrected chi connectivity index (χ2v) is 7.14. The molecule has 5 nitrogen and oxygen atoms in total. The van der Waals surface area contributed by atoms with Crippen molar-refractivity contribution in [1.29, 1.82) is 0 Å². The van der Waals surface area contributed by atoms with Gasteiger partial charge in [0.2, 0.25) is 0 Å². The van der Waals surface area contributed by atoms with Gasteiger partial charge in [-0.05, 0) is 61.6 Å². The minimum atomic E-state index is -0.0972. The largest absolute Gasteiger partial charge is 0.493 e. The third-order valence-electron chi connectivity index (χ3n) is 5.69. The van der Waals surface area contributed by atoms with Gasteiger partial charge in [0.25, 0.3) is 0 Å². The van der Waals surface area contributed by atoms with Crippen LogP contribution >= 0.6 is 0 Å². The average Bonchev–Trinajstić information content (AvgIpc) is 3.23. The van der Waals surface area contributed by atoms with E-state index in [2.05, 4.69) is 17.6 Å². The molecule has 2 amide bonds. The van der Waals surface area contributed by atoms with Crippen molar-refractivity contribution in [2.75, 3.05) is 14.2 Å². The predicted octanol–water partition coefficient (Wildman–Crippen LogP) is 3.33. The van der Waals surface area contributed by atoms with Crippen molar-refractivity contribution in [3.63, 3.8) is 0 Å². The molecule has 2 N–H and O–H groups in total.